The number of H-pyrrole nitrogens is 2. The van der Waals surface area contributed by atoms with Crippen molar-refractivity contribution in [1.82, 2.24) is 14.9 Å². The van der Waals surface area contributed by atoms with Crippen LogP contribution in [0.15, 0.2) is 54.7 Å². The fourth-order valence-electron chi connectivity index (χ4n) is 5.59. The van der Waals surface area contributed by atoms with E-state index in [-0.39, 0.29) is 0 Å². The van der Waals surface area contributed by atoms with Crippen molar-refractivity contribution >= 4 is 21.8 Å². The number of benzene rings is 2. The summed E-state index contributed by atoms with van der Waals surface area (Å²) in [5, 5.41) is 2.83. The monoisotopic (exact) mass is 355 g/mol. The summed E-state index contributed by atoms with van der Waals surface area (Å²) < 4.78 is 0. The molecule has 2 bridgehead atoms. The number of para-hydroxylation sites is 2. The van der Waals surface area contributed by atoms with Gasteiger partial charge in [-0.25, -0.2) is 0 Å². The zero-order chi connectivity index (χ0) is 17.8. The van der Waals surface area contributed by atoms with Crippen molar-refractivity contribution in [2.45, 2.75) is 44.2 Å². The highest BCUT2D eigenvalue weighted by Crippen LogP contribution is 2.46. The van der Waals surface area contributed by atoms with E-state index in [1.165, 1.54) is 65.3 Å². The molecule has 0 spiro atoms. The van der Waals surface area contributed by atoms with Crippen molar-refractivity contribution in [1.29, 1.82) is 0 Å². The molecule has 1 saturated heterocycles. The van der Waals surface area contributed by atoms with Crippen LogP contribution in [0.1, 0.15) is 42.1 Å². The van der Waals surface area contributed by atoms with Crippen LogP contribution in [0.5, 0.6) is 0 Å². The van der Waals surface area contributed by atoms with Crippen molar-refractivity contribution in [3.05, 3.63) is 71.5 Å². The van der Waals surface area contributed by atoms with Crippen LogP contribution in [0.3, 0.4) is 0 Å². The number of nitrogens with one attached hydrogen (secondary N) is 2. The second-order valence-electron chi connectivity index (χ2n) is 8.21. The summed E-state index contributed by atoms with van der Waals surface area (Å²) in [5.74, 6) is 0. The molecular weight excluding hydrogens is 330 g/mol. The zero-order valence-electron chi connectivity index (χ0n) is 15.5. The quantitative estimate of drug-likeness (QED) is 0.509. The minimum atomic E-state index is 0.609. The molecule has 0 amide bonds. The molecular formula is C24H25N3. The van der Waals surface area contributed by atoms with Gasteiger partial charge in [-0.3, -0.25) is 4.90 Å². The third kappa shape index (κ3) is 2.38. The van der Waals surface area contributed by atoms with Crippen LogP contribution in [0.25, 0.3) is 21.8 Å². The van der Waals surface area contributed by atoms with Crippen molar-refractivity contribution in [3.8, 4) is 0 Å². The fraction of sp³-hybridized carbons (Fsp3) is 0.333. The van der Waals surface area contributed by atoms with Crippen molar-refractivity contribution in [2.24, 2.45) is 0 Å². The molecule has 27 heavy (non-hydrogen) atoms. The Morgan fingerprint density at radius 1 is 0.926 bits per heavy atom. The molecule has 1 fully saturated rings. The summed E-state index contributed by atoms with van der Waals surface area (Å²) >= 11 is 0. The second-order valence-corrected chi connectivity index (χ2v) is 8.21. The number of fused-ring (bicyclic) bond motifs is 7. The SMILES string of the molecule is c1ccc2c(CCCN3[C@H]4CC[C@@H]3c3c([nH]c5ccccc35)C4)c[nH]c2c1. The van der Waals surface area contributed by atoms with Gasteiger partial charge in [-0.05, 0) is 55.5 Å². The van der Waals surface area contributed by atoms with E-state index < -0.39 is 0 Å². The van der Waals surface area contributed by atoms with Gasteiger partial charge in [0.2, 0.25) is 0 Å². The van der Waals surface area contributed by atoms with E-state index in [9.17, 15) is 0 Å². The maximum Gasteiger partial charge on any atom is 0.0459 e. The van der Waals surface area contributed by atoms with Gasteiger partial charge in [-0.15, -0.1) is 0 Å². The van der Waals surface area contributed by atoms with Crippen LogP contribution in [-0.2, 0) is 12.8 Å². The molecule has 136 valence electrons. The fourth-order valence-corrected chi connectivity index (χ4v) is 5.59. The molecule has 0 aliphatic carbocycles. The topological polar surface area (TPSA) is 34.8 Å². The van der Waals surface area contributed by atoms with E-state index in [1.54, 1.807) is 5.56 Å². The zero-order valence-corrected chi connectivity index (χ0v) is 15.5. The van der Waals surface area contributed by atoms with Gasteiger partial charge >= 0.3 is 0 Å². The molecule has 2 atom stereocenters. The maximum atomic E-state index is 3.71. The predicted molar refractivity (Wildman–Crippen MR) is 111 cm³/mol. The van der Waals surface area contributed by atoms with E-state index in [1.807, 2.05) is 0 Å². The Kier molecular flexibility index (Phi) is 3.45. The Labute approximate surface area is 159 Å². The number of rotatable bonds is 4. The molecule has 0 unspecified atom stereocenters. The van der Waals surface area contributed by atoms with Gasteiger partial charge in [-0.2, -0.15) is 0 Å². The van der Waals surface area contributed by atoms with E-state index >= 15 is 0 Å². The predicted octanol–water partition coefficient (Wildman–Crippen LogP) is 5.34. The van der Waals surface area contributed by atoms with Gasteiger partial charge in [0.1, 0.15) is 0 Å². The Morgan fingerprint density at radius 3 is 2.67 bits per heavy atom. The van der Waals surface area contributed by atoms with E-state index in [2.05, 4.69) is 69.6 Å². The van der Waals surface area contributed by atoms with Crippen molar-refractivity contribution < 1.29 is 0 Å². The lowest BCUT2D eigenvalue weighted by Crippen LogP contribution is -2.38. The number of aryl methyl sites for hydroxylation is 1. The number of hydrogen-bond acceptors (Lipinski definition) is 1. The summed E-state index contributed by atoms with van der Waals surface area (Å²) in [5.41, 5.74) is 7.12. The Morgan fingerprint density at radius 2 is 1.74 bits per heavy atom. The molecule has 2 aromatic heterocycles. The largest absolute Gasteiger partial charge is 0.361 e. The molecule has 2 aliphatic heterocycles. The highest BCUT2D eigenvalue weighted by Gasteiger charge is 2.41. The van der Waals surface area contributed by atoms with Crippen LogP contribution in [0.4, 0.5) is 0 Å². The lowest BCUT2D eigenvalue weighted by molar-refractivity contribution is 0.176. The van der Waals surface area contributed by atoms with Gasteiger partial charge in [0.05, 0.1) is 0 Å². The van der Waals surface area contributed by atoms with Gasteiger partial charge in [0, 0.05) is 52.2 Å². The number of nitrogens with zero attached hydrogens (tertiary/aromatic N) is 1. The number of aromatic nitrogens is 2. The molecule has 0 saturated carbocycles. The minimum Gasteiger partial charge on any atom is -0.361 e. The van der Waals surface area contributed by atoms with Crippen LogP contribution < -0.4 is 0 Å². The Hall–Kier alpha value is -2.52. The Balaban J connectivity index is 1.23. The first-order valence-corrected chi connectivity index (χ1v) is 10.3. The summed E-state index contributed by atoms with van der Waals surface area (Å²) in [7, 11) is 0. The molecule has 3 nitrogen and oxygen atoms in total. The van der Waals surface area contributed by atoms with Gasteiger partial charge in [-0.1, -0.05) is 36.4 Å². The molecule has 0 radical (unpaired) electrons. The maximum absolute atomic E-state index is 3.71. The van der Waals surface area contributed by atoms with Crippen LogP contribution >= 0.6 is 0 Å². The van der Waals surface area contributed by atoms with Gasteiger partial charge < -0.3 is 9.97 Å². The highest BCUT2D eigenvalue weighted by molar-refractivity contribution is 5.85. The third-order valence-electron chi connectivity index (χ3n) is 6.78. The van der Waals surface area contributed by atoms with Gasteiger partial charge in [0.15, 0.2) is 0 Å². The average molecular weight is 355 g/mol. The van der Waals surface area contributed by atoms with E-state index in [4.69, 9.17) is 0 Å². The molecule has 6 rings (SSSR count). The van der Waals surface area contributed by atoms with E-state index in [0.717, 1.165) is 12.5 Å². The average Bonchev–Trinajstić information content (AvgIpc) is 3.36. The first-order chi connectivity index (χ1) is 13.4. The standard InChI is InChI=1S/C24H25N3/c1-3-9-20-18(7-1)16(15-25-20)6-5-13-27-17-11-12-23(27)24-19-8-2-4-10-21(19)26-22(24)14-17/h1-4,7-10,15,17,23,25-26H,5-6,11-14H2/t17-,23+/m0/s1. The Bertz CT molecular complexity index is 1120. The first-order valence-electron chi connectivity index (χ1n) is 10.3. The molecule has 2 aromatic carbocycles. The molecule has 2 aliphatic rings. The minimum absolute atomic E-state index is 0.609. The first kappa shape index (κ1) is 15.5. The lowest BCUT2D eigenvalue weighted by atomic mass is 9.96. The smallest absolute Gasteiger partial charge is 0.0459 e. The van der Waals surface area contributed by atoms with Crippen LogP contribution in [0.2, 0.25) is 0 Å². The van der Waals surface area contributed by atoms with Crippen molar-refractivity contribution in [2.75, 3.05) is 6.54 Å². The summed E-state index contributed by atoms with van der Waals surface area (Å²) in [6.45, 7) is 1.20. The highest BCUT2D eigenvalue weighted by atomic mass is 15.2. The van der Waals surface area contributed by atoms with Crippen molar-refractivity contribution in [3.63, 3.8) is 0 Å². The van der Waals surface area contributed by atoms with Crippen LogP contribution in [-0.4, -0.2) is 27.5 Å². The second kappa shape index (κ2) is 6.00. The molecule has 2 N–H and O–H groups in total. The third-order valence-corrected chi connectivity index (χ3v) is 6.78. The summed E-state index contributed by atoms with van der Waals surface area (Å²) in [6, 6.07) is 18.8. The normalized spacial score (nSPS) is 21.9. The molecule has 4 heterocycles. The van der Waals surface area contributed by atoms with E-state index in [0.29, 0.717) is 6.04 Å². The number of aromatic amines is 2. The van der Waals surface area contributed by atoms with Crippen LogP contribution in [0, 0.1) is 0 Å². The molecule has 4 aromatic rings. The summed E-state index contributed by atoms with van der Waals surface area (Å²) in [6.07, 6.45) is 8.43. The molecule has 3 heteroatoms. The lowest BCUT2D eigenvalue weighted by Gasteiger charge is -2.35. The van der Waals surface area contributed by atoms with Gasteiger partial charge in [0.25, 0.3) is 0 Å². The number of hydrogen-bond donors (Lipinski definition) is 2. The summed E-state index contributed by atoms with van der Waals surface area (Å²) in [4.78, 5) is 9.93.